The molecule has 0 saturated heterocycles. The van der Waals surface area contributed by atoms with Crippen LogP contribution in [-0.2, 0) is 4.79 Å². The second kappa shape index (κ2) is 5.37. The van der Waals surface area contributed by atoms with E-state index in [0.717, 1.165) is 0 Å². The van der Waals surface area contributed by atoms with Crippen molar-refractivity contribution in [2.45, 2.75) is 19.3 Å². The Hall–Kier alpha value is -2.49. The molecule has 3 rings (SSSR count). The maximum Gasteiger partial charge on any atom is 0.311 e. The van der Waals surface area contributed by atoms with Gasteiger partial charge in [-0.1, -0.05) is 22.9 Å². The first-order valence-electron chi connectivity index (χ1n) is 6.40. The predicted molar refractivity (Wildman–Crippen MR) is 78.4 cm³/mol. The zero-order valence-electron chi connectivity index (χ0n) is 11.4. The highest BCUT2D eigenvalue weighted by Crippen LogP contribution is 2.33. The summed E-state index contributed by atoms with van der Waals surface area (Å²) in [6, 6.07) is 1.64. The number of tetrazole rings is 1. The molecule has 0 aliphatic rings. The molecule has 0 spiro atoms. The monoisotopic (exact) mass is 366 g/mol. The molecule has 1 unspecified atom stereocenters. The molecular weight excluding hydrogens is 356 g/mol. The first kappa shape index (κ1) is 14.4. The van der Waals surface area contributed by atoms with Crippen LogP contribution >= 0.6 is 15.9 Å². The number of aromatic nitrogens is 6. The Morgan fingerprint density at radius 2 is 2.32 bits per heavy atom. The number of nitrogens with zero attached hydrogens (tertiary/aromatic N) is 5. The van der Waals surface area contributed by atoms with E-state index in [1.165, 1.54) is 4.40 Å². The van der Waals surface area contributed by atoms with Gasteiger partial charge in [-0.15, -0.1) is 10.2 Å². The lowest BCUT2D eigenvalue weighted by Gasteiger charge is -2.12. The standard InChI is InChI=1S/C12H11BrN6O3/c1-2-5(12(21)22)6-4-19-8(3-7(6)13)14-9(11(19)20)10-15-17-18-16-10/h3-5,20H,2H2,1H3,(H,21,22)(H,15,16,17,18). The van der Waals surface area contributed by atoms with Gasteiger partial charge in [0, 0.05) is 10.7 Å². The van der Waals surface area contributed by atoms with E-state index in [1.54, 1.807) is 19.2 Å². The summed E-state index contributed by atoms with van der Waals surface area (Å²) in [5.41, 5.74) is 1.16. The van der Waals surface area contributed by atoms with Gasteiger partial charge in [-0.05, 0) is 23.3 Å². The molecule has 0 radical (unpaired) electrons. The van der Waals surface area contributed by atoms with Gasteiger partial charge in [-0.3, -0.25) is 9.20 Å². The molecule has 9 nitrogen and oxygen atoms in total. The second-order valence-electron chi connectivity index (χ2n) is 4.62. The average molecular weight is 367 g/mol. The third-order valence-corrected chi connectivity index (χ3v) is 4.04. The molecule has 0 aliphatic heterocycles. The van der Waals surface area contributed by atoms with Gasteiger partial charge in [0.05, 0.1) is 5.92 Å². The second-order valence-corrected chi connectivity index (χ2v) is 5.48. The first-order valence-corrected chi connectivity index (χ1v) is 7.19. The lowest BCUT2D eigenvalue weighted by atomic mass is 9.98. The number of aromatic hydroxyl groups is 1. The van der Waals surface area contributed by atoms with Crippen LogP contribution in [0.2, 0.25) is 0 Å². The minimum Gasteiger partial charge on any atom is -0.493 e. The molecule has 3 N–H and O–H groups in total. The van der Waals surface area contributed by atoms with Crippen molar-refractivity contribution in [2.75, 3.05) is 0 Å². The number of rotatable bonds is 4. The van der Waals surface area contributed by atoms with Gasteiger partial charge in [0.25, 0.3) is 0 Å². The summed E-state index contributed by atoms with van der Waals surface area (Å²) < 4.78 is 2.01. The quantitative estimate of drug-likeness (QED) is 0.638. The third kappa shape index (κ3) is 2.21. The van der Waals surface area contributed by atoms with E-state index < -0.39 is 11.9 Å². The number of H-pyrrole nitrogens is 1. The number of aliphatic carboxylic acids is 1. The molecular formula is C12H11BrN6O3. The number of carboxylic acids is 1. The first-order chi connectivity index (χ1) is 10.5. The molecule has 0 amide bonds. The number of imidazole rings is 1. The number of fused-ring (bicyclic) bond motifs is 1. The largest absolute Gasteiger partial charge is 0.493 e. The maximum absolute atomic E-state index is 11.4. The Bertz CT molecular complexity index is 844. The van der Waals surface area contributed by atoms with Gasteiger partial charge in [-0.25, -0.2) is 4.98 Å². The molecule has 0 fully saturated rings. The number of carbonyl (C=O) groups is 1. The molecule has 3 heterocycles. The van der Waals surface area contributed by atoms with E-state index in [1.807, 2.05) is 0 Å². The lowest BCUT2D eigenvalue weighted by Crippen LogP contribution is -2.12. The number of hydrogen-bond acceptors (Lipinski definition) is 6. The molecule has 114 valence electrons. The zero-order valence-corrected chi connectivity index (χ0v) is 12.9. The molecule has 3 aromatic rings. The Balaban J connectivity index is 2.21. The highest BCUT2D eigenvalue weighted by Gasteiger charge is 2.24. The summed E-state index contributed by atoms with van der Waals surface area (Å²) in [7, 11) is 0. The summed E-state index contributed by atoms with van der Waals surface area (Å²) in [5.74, 6) is -1.63. The van der Waals surface area contributed by atoms with Crippen LogP contribution in [0, 0.1) is 0 Å². The molecule has 22 heavy (non-hydrogen) atoms. The summed E-state index contributed by atoms with van der Waals surface area (Å²) in [4.78, 5) is 15.6. The molecule has 0 saturated carbocycles. The van der Waals surface area contributed by atoms with Gasteiger partial charge >= 0.3 is 5.97 Å². The van der Waals surface area contributed by atoms with Crippen LogP contribution in [0.5, 0.6) is 5.88 Å². The van der Waals surface area contributed by atoms with Crippen LogP contribution in [0.15, 0.2) is 16.7 Å². The molecule has 0 aromatic carbocycles. The summed E-state index contributed by atoms with van der Waals surface area (Å²) >= 11 is 3.36. The lowest BCUT2D eigenvalue weighted by molar-refractivity contribution is -0.138. The van der Waals surface area contributed by atoms with E-state index in [0.29, 0.717) is 22.1 Å². The Kier molecular flexibility index (Phi) is 3.53. The van der Waals surface area contributed by atoms with Crippen molar-refractivity contribution in [3.63, 3.8) is 0 Å². The maximum atomic E-state index is 11.4. The Morgan fingerprint density at radius 3 is 2.91 bits per heavy atom. The summed E-state index contributed by atoms with van der Waals surface area (Å²) in [6.45, 7) is 1.79. The molecule has 0 bridgehead atoms. The van der Waals surface area contributed by atoms with Crippen molar-refractivity contribution in [1.29, 1.82) is 0 Å². The van der Waals surface area contributed by atoms with Crippen molar-refractivity contribution in [2.24, 2.45) is 0 Å². The van der Waals surface area contributed by atoms with Crippen molar-refractivity contribution >= 4 is 27.5 Å². The van der Waals surface area contributed by atoms with Crippen LogP contribution in [0.25, 0.3) is 17.2 Å². The van der Waals surface area contributed by atoms with Crippen LogP contribution in [0.1, 0.15) is 24.8 Å². The average Bonchev–Trinajstić information content (AvgIpc) is 3.09. The fraction of sp³-hybridized carbons (Fsp3) is 0.250. The number of pyridine rings is 1. The van der Waals surface area contributed by atoms with Crippen molar-refractivity contribution < 1.29 is 15.0 Å². The van der Waals surface area contributed by atoms with E-state index >= 15 is 0 Å². The Labute approximate surface area is 132 Å². The number of aromatic amines is 1. The minimum atomic E-state index is -0.930. The van der Waals surface area contributed by atoms with Gasteiger partial charge in [0.2, 0.25) is 11.7 Å². The van der Waals surface area contributed by atoms with E-state index in [4.69, 9.17) is 0 Å². The third-order valence-electron chi connectivity index (χ3n) is 3.35. The minimum absolute atomic E-state index is 0.157. The fourth-order valence-corrected chi connectivity index (χ4v) is 2.85. The SMILES string of the molecule is CCC(C(=O)O)c1cn2c(O)c(-c3nn[nH]n3)nc2cc1Br. The molecule has 1 atom stereocenters. The van der Waals surface area contributed by atoms with Crippen molar-refractivity contribution in [3.8, 4) is 17.4 Å². The summed E-state index contributed by atoms with van der Waals surface area (Å²) in [5, 5.41) is 32.9. The van der Waals surface area contributed by atoms with Crippen LogP contribution < -0.4 is 0 Å². The smallest absolute Gasteiger partial charge is 0.311 e. The fourth-order valence-electron chi connectivity index (χ4n) is 2.26. The highest BCUT2D eigenvalue weighted by molar-refractivity contribution is 9.10. The molecule has 3 aromatic heterocycles. The molecule has 0 aliphatic carbocycles. The van der Waals surface area contributed by atoms with Gasteiger partial charge in [0.15, 0.2) is 5.69 Å². The topological polar surface area (TPSA) is 129 Å². The van der Waals surface area contributed by atoms with E-state index in [2.05, 4.69) is 41.5 Å². The van der Waals surface area contributed by atoms with Crippen molar-refractivity contribution in [3.05, 3.63) is 22.3 Å². The van der Waals surface area contributed by atoms with Crippen molar-refractivity contribution in [1.82, 2.24) is 30.0 Å². The number of carboxylic acid groups (broad SMARTS) is 1. The highest BCUT2D eigenvalue weighted by atomic mass is 79.9. The number of nitrogens with one attached hydrogen (secondary N) is 1. The van der Waals surface area contributed by atoms with Gasteiger partial charge < -0.3 is 10.2 Å². The van der Waals surface area contributed by atoms with Crippen LogP contribution in [0.4, 0.5) is 0 Å². The Morgan fingerprint density at radius 1 is 1.55 bits per heavy atom. The van der Waals surface area contributed by atoms with Crippen LogP contribution in [0.3, 0.4) is 0 Å². The van der Waals surface area contributed by atoms with E-state index in [-0.39, 0.29) is 17.4 Å². The van der Waals surface area contributed by atoms with E-state index in [9.17, 15) is 15.0 Å². The number of halogens is 1. The van der Waals surface area contributed by atoms with Gasteiger partial charge in [-0.2, -0.15) is 5.21 Å². The van der Waals surface area contributed by atoms with Crippen LogP contribution in [-0.4, -0.2) is 46.2 Å². The van der Waals surface area contributed by atoms with Gasteiger partial charge in [0.1, 0.15) is 5.65 Å². The summed E-state index contributed by atoms with van der Waals surface area (Å²) in [6.07, 6.45) is 1.97. The zero-order chi connectivity index (χ0) is 15.9. The normalized spacial score (nSPS) is 12.6. The number of hydrogen-bond donors (Lipinski definition) is 3. The molecule has 10 heteroatoms. The predicted octanol–water partition coefficient (Wildman–Crippen LogP) is 1.56.